The Bertz CT molecular complexity index is 698. The predicted octanol–water partition coefficient (Wildman–Crippen LogP) is 3.40. The molecule has 1 aromatic carbocycles. The second-order valence-electron chi connectivity index (χ2n) is 5.11. The molecule has 122 valence electrons. The van der Waals surface area contributed by atoms with Crippen LogP contribution in [0.25, 0.3) is 0 Å². The zero-order valence-electron chi connectivity index (χ0n) is 13.7. The van der Waals surface area contributed by atoms with Crippen LogP contribution < -0.4 is 14.4 Å². The first-order valence-corrected chi connectivity index (χ1v) is 7.11. The number of benzene rings is 1. The van der Waals surface area contributed by atoms with E-state index in [0.717, 1.165) is 16.9 Å². The van der Waals surface area contributed by atoms with E-state index in [-0.39, 0.29) is 6.54 Å². The van der Waals surface area contributed by atoms with E-state index in [9.17, 15) is 9.90 Å². The number of hydrogen-bond donors (Lipinski definition) is 1. The van der Waals surface area contributed by atoms with Crippen molar-refractivity contribution in [2.75, 3.05) is 19.1 Å². The van der Waals surface area contributed by atoms with Crippen LogP contribution in [-0.4, -0.2) is 30.4 Å². The first-order chi connectivity index (χ1) is 11.0. The largest absolute Gasteiger partial charge is 0.497 e. The fraction of sp³-hybridized carbons (Fsp3) is 0.294. The molecule has 1 N–H and O–H groups in total. The second-order valence-corrected chi connectivity index (χ2v) is 5.11. The maximum absolute atomic E-state index is 11.6. The van der Waals surface area contributed by atoms with Gasteiger partial charge in [0.05, 0.1) is 26.5 Å². The number of hydrogen-bond acceptors (Lipinski definition) is 4. The summed E-state index contributed by atoms with van der Waals surface area (Å²) in [5.41, 5.74) is 2.97. The summed E-state index contributed by atoms with van der Waals surface area (Å²) in [5, 5.41) is 9.52. The molecule has 2 rings (SSSR count). The number of nitrogens with zero attached hydrogens (tertiary/aromatic N) is 2. The lowest BCUT2D eigenvalue weighted by atomic mass is 10.1. The number of pyridine rings is 1. The minimum Gasteiger partial charge on any atom is -0.497 e. The molecule has 0 radical (unpaired) electrons. The Morgan fingerprint density at radius 2 is 1.83 bits per heavy atom. The Morgan fingerprint density at radius 1 is 1.17 bits per heavy atom. The summed E-state index contributed by atoms with van der Waals surface area (Å²) in [4.78, 5) is 17.2. The highest BCUT2D eigenvalue weighted by atomic mass is 16.5. The van der Waals surface area contributed by atoms with Gasteiger partial charge in [0.1, 0.15) is 11.5 Å². The average Bonchev–Trinajstić information content (AvgIpc) is 2.54. The summed E-state index contributed by atoms with van der Waals surface area (Å²) in [6.45, 7) is 3.92. The Labute approximate surface area is 135 Å². The zero-order valence-corrected chi connectivity index (χ0v) is 13.7. The van der Waals surface area contributed by atoms with Crippen molar-refractivity contribution in [3.05, 3.63) is 47.3 Å². The zero-order chi connectivity index (χ0) is 17.0. The molecule has 0 atom stereocenters. The van der Waals surface area contributed by atoms with Crippen LogP contribution in [0.3, 0.4) is 0 Å². The fourth-order valence-corrected chi connectivity index (χ4v) is 2.41. The lowest BCUT2D eigenvalue weighted by Crippen LogP contribution is -2.29. The number of amides is 1. The normalized spacial score (nSPS) is 10.3. The summed E-state index contributed by atoms with van der Waals surface area (Å²) in [6, 6.07) is 6.85. The molecule has 0 aliphatic heterocycles. The Kier molecular flexibility index (Phi) is 5.05. The molecule has 0 aliphatic carbocycles. The van der Waals surface area contributed by atoms with Gasteiger partial charge in [-0.2, -0.15) is 0 Å². The van der Waals surface area contributed by atoms with Gasteiger partial charge in [-0.05, 0) is 38.1 Å². The van der Waals surface area contributed by atoms with E-state index in [1.165, 1.54) is 4.90 Å². The van der Waals surface area contributed by atoms with E-state index in [1.807, 2.05) is 13.8 Å². The molecule has 6 nitrogen and oxygen atoms in total. The Hall–Kier alpha value is -2.76. The van der Waals surface area contributed by atoms with Gasteiger partial charge in [0.15, 0.2) is 0 Å². The van der Waals surface area contributed by atoms with Gasteiger partial charge in [0, 0.05) is 23.0 Å². The first-order valence-electron chi connectivity index (χ1n) is 7.11. The van der Waals surface area contributed by atoms with Crippen LogP contribution in [0.2, 0.25) is 0 Å². The molecule has 1 amide bonds. The highest BCUT2D eigenvalue weighted by Crippen LogP contribution is 2.27. The van der Waals surface area contributed by atoms with Crippen molar-refractivity contribution < 1.29 is 19.4 Å². The number of aromatic nitrogens is 1. The second kappa shape index (κ2) is 7.00. The molecule has 0 aliphatic rings. The number of carbonyl (C=O) groups is 1. The van der Waals surface area contributed by atoms with E-state index >= 15 is 0 Å². The summed E-state index contributed by atoms with van der Waals surface area (Å²) < 4.78 is 10.5. The number of ether oxygens (including phenoxy) is 2. The minimum atomic E-state index is -1.05. The molecular formula is C17H20N2O4. The quantitative estimate of drug-likeness (QED) is 0.915. The van der Waals surface area contributed by atoms with Gasteiger partial charge < -0.3 is 14.6 Å². The van der Waals surface area contributed by atoms with E-state index in [2.05, 4.69) is 4.98 Å². The SMILES string of the molecule is COc1ccc(N(Cc2ncc(C)c(OC)c2C)C(=O)O)cc1. The third kappa shape index (κ3) is 3.53. The van der Waals surface area contributed by atoms with Crippen molar-refractivity contribution >= 4 is 11.8 Å². The van der Waals surface area contributed by atoms with Gasteiger partial charge in [0.25, 0.3) is 0 Å². The topological polar surface area (TPSA) is 71.9 Å². The van der Waals surface area contributed by atoms with Crippen LogP contribution in [0.1, 0.15) is 16.8 Å². The van der Waals surface area contributed by atoms with Crippen LogP contribution >= 0.6 is 0 Å². The molecule has 0 unspecified atom stereocenters. The summed E-state index contributed by atoms with van der Waals surface area (Å²) in [5.74, 6) is 1.40. The lowest BCUT2D eigenvalue weighted by Gasteiger charge is -2.21. The van der Waals surface area contributed by atoms with E-state index in [4.69, 9.17) is 9.47 Å². The molecule has 0 fully saturated rings. The summed E-state index contributed by atoms with van der Waals surface area (Å²) in [6.07, 6.45) is 0.644. The van der Waals surface area contributed by atoms with Crippen molar-refractivity contribution in [3.63, 3.8) is 0 Å². The molecule has 23 heavy (non-hydrogen) atoms. The number of anilines is 1. The molecule has 0 spiro atoms. The molecule has 6 heteroatoms. The molecule has 0 bridgehead atoms. The smallest absolute Gasteiger partial charge is 0.412 e. The first kappa shape index (κ1) is 16.6. The minimum absolute atomic E-state index is 0.143. The monoisotopic (exact) mass is 316 g/mol. The van der Waals surface area contributed by atoms with Crippen LogP contribution in [-0.2, 0) is 6.54 Å². The molecule has 1 heterocycles. The Balaban J connectivity index is 2.35. The number of aryl methyl sites for hydroxylation is 1. The van der Waals surface area contributed by atoms with Crippen LogP contribution in [0.15, 0.2) is 30.5 Å². The molecule has 1 aromatic heterocycles. The van der Waals surface area contributed by atoms with Gasteiger partial charge in [-0.25, -0.2) is 4.79 Å². The highest BCUT2D eigenvalue weighted by molar-refractivity contribution is 5.86. The highest BCUT2D eigenvalue weighted by Gasteiger charge is 2.19. The maximum atomic E-state index is 11.6. The third-order valence-corrected chi connectivity index (χ3v) is 3.67. The van der Waals surface area contributed by atoms with Crippen molar-refractivity contribution in [3.8, 4) is 11.5 Å². The summed E-state index contributed by atoms with van der Waals surface area (Å²) in [7, 11) is 3.16. The molecule has 0 saturated heterocycles. The molecular weight excluding hydrogens is 296 g/mol. The Morgan fingerprint density at radius 3 is 2.35 bits per heavy atom. The molecule has 0 saturated carbocycles. The van der Waals surface area contributed by atoms with Crippen LogP contribution in [0.4, 0.5) is 10.5 Å². The standard InChI is InChI=1S/C17H20N2O4/c1-11-9-18-15(12(2)16(11)23-4)10-19(17(20)21)13-5-7-14(22-3)8-6-13/h5-9H,10H2,1-4H3,(H,20,21). The van der Waals surface area contributed by atoms with Gasteiger partial charge in [0.2, 0.25) is 0 Å². The summed E-state index contributed by atoms with van der Waals surface area (Å²) >= 11 is 0. The van der Waals surface area contributed by atoms with Gasteiger partial charge >= 0.3 is 6.09 Å². The van der Waals surface area contributed by atoms with E-state index in [1.54, 1.807) is 44.7 Å². The number of rotatable bonds is 5. The van der Waals surface area contributed by atoms with E-state index < -0.39 is 6.09 Å². The fourth-order valence-electron chi connectivity index (χ4n) is 2.41. The van der Waals surface area contributed by atoms with Gasteiger partial charge in [-0.3, -0.25) is 9.88 Å². The van der Waals surface area contributed by atoms with Crippen LogP contribution in [0, 0.1) is 13.8 Å². The van der Waals surface area contributed by atoms with Crippen LogP contribution in [0.5, 0.6) is 11.5 Å². The van der Waals surface area contributed by atoms with Gasteiger partial charge in [-0.1, -0.05) is 0 Å². The third-order valence-electron chi connectivity index (χ3n) is 3.67. The van der Waals surface area contributed by atoms with Gasteiger partial charge in [-0.15, -0.1) is 0 Å². The maximum Gasteiger partial charge on any atom is 0.412 e. The van der Waals surface area contributed by atoms with Crippen molar-refractivity contribution in [2.24, 2.45) is 0 Å². The van der Waals surface area contributed by atoms with E-state index in [0.29, 0.717) is 17.1 Å². The molecule has 2 aromatic rings. The number of methoxy groups -OCH3 is 2. The van der Waals surface area contributed by atoms with Crippen molar-refractivity contribution in [1.29, 1.82) is 0 Å². The lowest BCUT2D eigenvalue weighted by molar-refractivity contribution is 0.201. The van der Waals surface area contributed by atoms with Crippen molar-refractivity contribution in [1.82, 2.24) is 4.98 Å². The average molecular weight is 316 g/mol. The number of carboxylic acid groups (broad SMARTS) is 1. The predicted molar refractivity (Wildman–Crippen MR) is 87.5 cm³/mol. The van der Waals surface area contributed by atoms with Crippen molar-refractivity contribution in [2.45, 2.75) is 20.4 Å².